The van der Waals surface area contributed by atoms with Gasteiger partial charge in [0.1, 0.15) is 0 Å². The van der Waals surface area contributed by atoms with E-state index < -0.39 is 23.3 Å². The molecule has 20 rings (SSSR count). The smallest absolute Gasteiger partial charge is 0.305 e. The van der Waals surface area contributed by atoms with Crippen molar-refractivity contribution in [2.45, 2.75) is 27.7 Å². The summed E-state index contributed by atoms with van der Waals surface area (Å²) in [6, 6.07) is 139. The molecular weight excluding hydrogens is 1950 g/mol. The van der Waals surface area contributed by atoms with Crippen LogP contribution in [-0.2, 0) is 77.9 Å². The van der Waals surface area contributed by atoms with Crippen LogP contribution in [0.3, 0.4) is 0 Å². The molecule has 0 fully saturated rings. The average Bonchev–Trinajstić information content (AvgIpc) is 1.47. The Labute approximate surface area is 796 Å². The molecule has 0 saturated carbocycles. The quantitative estimate of drug-likeness (QED) is 0.0673. The predicted octanol–water partition coefficient (Wildman–Crippen LogP) is 25.3. The first-order chi connectivity index (χ1) is 60.8. The van der Waals surface area contributed by atoms with E-state index in [4.69, 9.17) is 0 Å². The minimum Gasteiger partial charge on any atom is -0.305 e. The zero-order chi connectivity index (χ0) is 85.9. The van der Waals surface area contributed by atoms with E-state index in [1.165, 1.54) is 44.5 Å². The van der Waals surface area contributed by atoms with Gasteiger partial charge >= 0.3 is 77.9 Å². The Balaban J connectivity index is 0.000000165. The maximum atomic E-state index is 13.2. The Hall–Kier alpha value is -13.7. The molecule has 0 unspecified atom stereocenters. The molecule has 0 aliphatic rings. The van der Waals surface area contributed by atoms with Crippen molar-refractivity contribution in [2.75, 3.05) is 0 Å². The molecule has 0 spiro atoms. The van der Waals surface area contributed by atoms with Crippen LogP contribution in [0.25, 0.3) is 112 Å². The van der Waals surface area contributed by atoms with E-state index in [9.17, 15) is 17.6 Å². The summed E-state index contributed by atoms with van der Waals surface area (Å²) in [6.45, 7) is 8.13. The molecule has 0 aliphatic carbocycles. The predicted molar refractivity (Wildman–Crippen MR) is 484 cm³/mol. The van der Waals surface area contributed by atoms with E-state index in [1.807, 2.05) is 215 Å². The largest absolute Gasteiger partial charge is 2.00 e. The molecule has 8 aromatic heterocycles. The van der Waals surface area contributed by atoms with Gasteiger partial charge in [0.05, 0.1) is 11.4 Å². The number of hydrogen-bond acceptors (Lipinski definition) is 8. The van der Waals surface area contributed by atoms with Crippen molar-refractivity contribution in [3.8, 4) is 112 Å². The van der Waals surface area contributed by atoms with Crippen molar-refractivity contribution >= 4 is 0 Å². The normalized spacial score (nSPS) is 9.94. The summed E-state index contributed by atoms with van der Waals surface area (Å²) in [5.74, 6) is -2.57. The number of halogens is 4. The summed E-state index contributed by atoms with van der Waals surface area (Å²) in [7, 11) is 0. The maximum Gasteiger partial charge on any atom is 2.00 e. The van der Waals surface area contributed by atoms with Crippen molar-refractivity contribution < 1.29 is 95.5 Å². The summed E-state index contributed by atoms with van der Waals surface area (Å²) in [6.07, 6.45) is 14.0. The first-order valence-electron chi connectivity index (χ1n) is 39.5. The van der Waals surface area contributed by atoms with Gasteiger partial charge in [-0.1, -0.05) is 193 Å². The van der Waals surface area contributed by atoms with E-state index in [-0.39, 0.29) is 89.0 Å². The number of pyridine rings is 4. The molecule has 20 aromatic rings. The summed E-state index contributed by atoms with van der Waals surface area (Å²) >= 11 is 0. The fourth-order valence-corrected chi connectivity index (χ4v) is 12.6. The molecule has 0 atom stereocenters. The van der Waals surface area contributed by atoms with Crippen molar-refractivity contribution in [3.63, 3.8) is 0 Å². The molecule has 0 bridgehead atoms. The van der Waals surface area contributed by atoms with E-state index >= 15 is 0 Å². The number of hydrogen-bond donors (Lipinski definition) is 0. The van der Waals surface area contributed by atoms with Crippen LogP contribution in [0.5, 0.6) is 0 Å². The van der Waals surface area contributed by atoms with Crippen molar-refractivity contribution in [3.05, 3.63) is 508 Å². The SMILES string of the molecule is Cc1cc(C)n(-c2[c-]ccc(-c3ccccc3)c2)n1.Cc1cc(C)n(-c2[c-]ccc(-c3ccccc3)c2)n1.Fc1c[c-]c(-c2ccccn2)c(F)c1.Fc1c[c-]c(-c2ccccn2)c(F)c1.[Rh+2].[Rh+2].[Rh+2].[Rh+2].[c-]1ccc(-c2ccccc2)cc1-n1cccn1.[c-]1ccc(-c2ccccc2)cc1-n1cccn1.[c-]1ccccc1-c1ccccn1.[c-]1ccccc1-c1ccccn1. The number of aromatic nitrogens is 12. The van der Waals surface area contributed by atoms with E-state index in [2.05, 4.69) is 236 Å². The molecule has 12 aromatic carbocycles. The molecule has 12 nitrogen and oxygen atoms in total. The van der Waals surface area contributed by atoms with Crippen molar-refractivity contribution in [1.29, 1.82) is 0 Å². The van der Waals surface area contributed by atoms with Crippen LogP contribution < -0.4 is 0 Å². The minimum atomic E-state index is -0.649. The van der Waals surface area contributed by atoms with Gasteiger partial charge in [0, 0.05) is 84.2 Å². The van der Waals surface area contributed by atoms with Crippen LogP contribution in [0.2, 0.25) is 0 Å². The van der Waals surface area contributed by atoms with Crippen molar-refractivity contribution in [1.82, 2.24) is 59.1 Å². The van der Waals surface area contributed by atoms with Gasteiger partial charge in [-0.3, -0.25) is 36.3 Å². The number of nitrogens with zero attached hydrogens (tertiary/aromatic N) is 12. The second kappa shape index (κ2) is 51.7. The topological polar surface area (TPSA) is 123 Å². The van der Waals surface area contributed by atoms with Gasteiger partial charge in [-0.05, 0) is 144 Å². The summed E-state index contributed by atoms with van der Waals surface area (Å²) in [4.78, 5) is 16.3. The van der Waals surface area contributed by atoms with Crippen LogP contribution in [0.1, 0.15) is 22.8 Å². The molecule has 128 heavy (non-hydrogen) atoms. The molecule has 8 heterocycles. The Morgan fingerprint density at radius 2 is 0.547 bits per heavy atom. The first-order valence-corrected chi connectivity index (χ1v) is 39.5. The summed E-state index contributed by atoms with van der Waals surface area (Å²) in [5, 5.41) is 17.4. The zero-order valence-corrected chi connectivity index (χ0v) is 76.0. The van der Waals surface area contributed by atoms with Crippen LogP contribution in [0.15, 0.2) is 414 Å². The van der Waals surface area contributed by atoms with E-state index in [0.717, 1.165) is 92.3 Å². The van der Waals surface area contributed by atoms with Crippen LogP contribution in [0, 0.1) is 99.5 Å². The van der Waals surface area contributed by atoms with Gasteiger partial charge < -0.3 is 19.9 Å². The van der Waals surface area contributed by atoms with Crippen LogP contribution in [-0.4, -0.2) is 59.1 Å². The number of benzene rings is 12. The Morgan fingerprint density at radius 3 is 0.812 bits per heavy atom. The molecule has 0 saturated heterocycles. The average molecular weight is 2030 g/mol. The monoisotopic (exact) mass is 2030 g/mol. The second-order valence-corrected chi connectivity index (χ2v) is 27.4. The Kier molecular flexibility index (Phi) is 39.6. The molecular formula is C108H80F4N12Rh4. The Bertz CT molecular complexity index is 6090. The van der Waals surface area contributed by atoms with Crippen molar-refractivity contribution in [2.24, 2.45) is 0 Å². The van der Waals surface area contributed by atoms with Gasteiger partial charge in [0.25, 0.3) is 0 Å². The fraction of sp³-hybridized carbons (Fsp3) is 0.0370. The van der Waals surface area contributed by atoms with Gasteiger partial charge in [-0.25, -0.2) is 0 Å². The number of aryl methyl sites for hydroxylation is 4. The third-order valence-electron chi connectivity index (χ3n) is 18.4. The minimum absolute atomic E-state index is 0. The first kappa shape index (κ1) is 98.1. The van der Waals surface area contributed by atoms with Crippen LogP contribution >= 0.6 is 0 Å². The molecule has 0 amide bonds. The van der Waals surface area contributed by atoms with Gasteiger partial charge in [-0.2, -0.15) is 93.2 Å². The van der Waals surface area contributed by atoms with Gasteiger partial charge in [0.2, 0.25) is 0 Å². The molecule has 4 radical (unpaired) electrons. The van der Waals surface area contributed by atoms with Gasteiger partial charge in [-0.15, -0.1) is 143 Å². The maximum absolute atomic E-state index is 13.2. The zero-order valence-electron chi connectivity index (χ0n) is 69.5. The third kappa shape index (κ3) is 29.2. The molecule has 0 N–H and O–H groups in total. The number of rotatable bonds is 12. The second-order valence-electron chi connectivity index (χ2n) is 27.4. The molecule has 0 aliphatic heterocycles. The molecule has 636 valence electrons. The van der Waals surface area contributed by atoms with E-state index in [0.29, 0.717) is 11.4 Å². The van der Waals surface area contributed by atoms with Gasteiger partial charge in [0.15, 0.2) is 0 Å². The van der Waals surface area contributed by atoms with E-state index in [1.54, 1.807) is 73.6 Å². The summed E-state index contributed by atoms with van der Waals surface area (Å²) < 4.78 is 59.1. The summed E-state index contributed by atoms with van der Waals surface area (Å²) in [5.41, 5.74) is 23.0. The fourth-order valence-electron chi connectivity index (χ4n) is 12.6. The Morgan fingerprint density at radius 1 is 0.250 bits per heavy atom. The molecule has 20 heteroatoms. The van der Waals surface area contributed by atoms with Crippen LogP contribution in [0.4, 0.5) is 17.6 Å². The third-order valence-corrected chi connectivity index (χ3v) is 18.4. The standard InChI is InChI=1S/2C17H15N2.2C15H11N2.2C11H6F2N.2C11H8N.4Rh/c2*1-13-11-14(2)19(18-13)17-10-6-9-16(12-17)15-7-4-3-5-8-15;2*1-2-6-13(7-3-1)14-8-4-9-15(12-14)17-11-5-10-16-17;2*12-8-4-5-9(10(13)7-8)11-3-1-2-6-14-11;2*1-2-6-10(7-3-1)11-8-4-5-9-12-11;;;;/h2*3-9,11-12H,1-2H3;2*1-8,10-12H;2*1-4,6-7H;2*1-6,8-9H;;;;/q8*-1;4*+2.